The second-order valence-electron chi connectivity index (χ2n) is 6.51. The van der Waals surface area contributed by atoms with Crippen molar-refractivity contribution in [2.45, 2.75) is 0 Å². The average Bonchev–Trinajstić information content (AvgIpc) is 3.11. The fourth-order valence-electron chi connectivity index (χ4n) is 3.27. The van der Waals surface area contributed by atoms with Gasteiger partial charge < -0.3 is 14.8 Å². The maximum atomic E-state index is 13.3. The Hall–Kier alpha value is -2.86. The Kier molecular flexibility index (Phi) is 4.58. The first kappa shape index (κ1) is 17.5. The number of aromatic nitrogens is 1. The van der Waals surface area contributed by atoms with Gasteiger partial charge in [-0.15, -0.1) is 0 Å². The highest BCUT2D eigenvalue weighted by Gasteiger charge is 2.26. The zero-order valence-electron chi connectivity index (χ0n) is 14.4. The third-order valence-corrected chi connectivity index (χ3v) is 5.01. The molecule has 5 nitrogen and oxygen atoms in total. The molecule has 1 saturated heterocycles. The fourth-order valence-corrected chi connectivity index (χ4v) is 3.40. The van der Waals surface area contributed by atoms with E-state index in [-0.39, 0.29) is 17.6 Å². The van der Waals surface area contributed by atoms with Crippen molar-refractivity contribution in [2.24, 2.45) is 0 Å². The number of aromatic amines is 1. The summed E-state index contributed by atoms with van der Waals surface area (Å²) in [4.78, 5) is 31.7. The van der Waals surface area contributed by atoms with Crippen LogP contribution in [-0.2, 0) is 0 Å². The number of hydrogen-bond acceptors (Lipinski definition) is 2. The number of nitrogens with one attached hydrogen (secondary N) is 1. The number of H-pyrrole nitrogens is 1. The third-order valence-electron chi connectivity index (χ3n) is 4.76. The summed E-state index contributed by atoms with van der Waals surface area (Å²) >= 11 is 5.86. The Morgan fingerprint density at radius 3 is 2.19 bits per heavy atom. The summed E-state index contributed by atoms with van der Waals surface area (Å²) in [6, 6.07) is 12.9. The zero-order valence-corrected chi connectivity index (χ0v) is 15.2. The molecular weight excluding hydrogens is 369 g/mol. The molecular formula is C20H17ClFN3O2. The fraction of sp³-hybridized carbons (Fsp3) is 0.200. The molecule has 27 heavy (non-hydrogen) atoms. The molecule has 3 aromatic rings. The molecule has 2 amide bonds. The van der Waals surface area contributed by atoms with Crippen LogP contribution in [0.5, 0.6) is 0 Å². The van der Waals surface area contributed by atoms with Crippen LogP contribution in [-0.4, -0.2) is 52.8 Å². The van der Waals surface area contributed by atoms with Gasteiger partial charge in [0.1, 0.15) is 11.5 Å². The second-order valence-corrected chi connectivity index (χ2v) is 6.94. The Bertz CT molecular complexity index is 1010. The number of piperazine rings is 1. The predicted molar refractivity (Wildman–Crippen MR) is 102 cm³/mol. The largest absolute Gasteiger partial charge is 0.350 e. The minimum Gasteiger partial charge on any atom is -0.350 e. The number of fused-ring (bicyclic) bond motifs is 1. The summed E-state index contributed by atoms with van der Waals surface area (Å²) in [5.74, 6) is -0.567. The lowest BCUT2D eigenvalue weighted by molar-refractivity contribution is 0.0533. The monoisotopic (exact) mass is 385 g/mol. The quantitative estimate of drug-likeness (QED) is 0.733. The number of carbonyl (C=O) groups is 2. The van der Waals surface area contributed by atoms with Crippen LogP contribution in [0.15, 0.2) is 48.5 Å². The van der Waals surface area contributed by atoms with Gasteiger partial charge in [0.25, 0.3) is 11.8 Å². The van der Waals surface area contributed by atoms with Gasteiger partial charge >= 0.3 is 0 Å². The Morgan fingerprint density at radius 2 is 1.52 bits per heavy atom. The van der Waals surface area contributed by atoms with E-state index in [0.717, 1.165) is 5.39 Å². The topological polar surface area (TPSA) is 56.4 Å². The molecule has 1 aliphatic rings. The van der Waals surface area contributed by atoms with Crippen LogP contribution < -0.4 is 0 Å². The van der Waals surface area contributed by atoms with E-state index in [1.807, 2.05) is 0 Å². The molecule has 4 rings (SSSR count). The Morgan fingerprint density at radius 1 is 0.889 bits per heavy atom. The van der Waals surface area contributed by atoms with Crippen LogP contribution in [0.3, 0.4) is 0 Å². The summed E-state index contributed by atoms with van der Waals surface area (Å²) in [6.07, 6.45) is 0. The van der Waals surface area contributed by atoms with E-state index in [4.69, 9.17) is 11.6 Å². The van der Waals surface area contributed by atoms with E-state index < -0.39 is 0 Å². The molecule has 138 valence electrons. The van der Waals surface area contributed by atoms with Crippen LogP contribution >= 0.6 is 11.6 Å². The van der Waals surface area contributed by atoms with Crippen molar-refractivity contribution in [1.29, 1.82) is 0 Å². The van der Waals surface area contributed by atoms with Crippen molar-refractivity contribution in [3.05, 3.63) is 70.6 Å². The number of hydrogen-bond donors (Lipinski definition) is 1. The second kappa shape index (κ2) is 7.04. The normalized spacial score (nSPS) is 14.6. The number of rotatable bonds is 2. The summed E-state index contributed by atoms with van der Waals surface area (Å²) in [7, 11) is 0. The van der Waals surface area contributed by atoms with Crippen molar-refractivity contribution in [3.63, 3.8) is 0 Å². The molecule has 1 N–H and O–H groups in total. The van der Waals surface area contributed by atoms with Crippen molar-refractivity contribution in [3.8, 4) is 0 Å². The van der Waals surface area contributed by atoms with E-state index >= 15 is 0 Å². The molecule has 0 radical (unpaired) electrons. The summed E-state index contributed by atoms with van der Waals surface area (Å²) < 4.78 is 13.3. The minimum absolute atomic E-state index is 0.0696. The van der Waals surface area contributed by atoms with E-state index in [1.54, 1.807) is 46.2 Å². The predicted octanol–water partition coefficient (Wildman–Crippen LogP) is 3.56. The smallest absolute Gasteiger partial charge is 0.270 e. The third kappa shape index (κ3) is 3.53. The summed E-state index contributed by atoms with van der Waals surface area (Å²) in [5.41, 5.74) is 1.60. The number of carbonyl (C=O) groups excluding carboxylic acids is 2. The van der Waals surface area contributed by atoms with Gasteiger partial charge in [-0.25, -0.2) is 4.39 Å². The highest BCUT2D eigenvalue weighted by molar-refractivity contribution is 6.30. The molecule has 0 unspecified atom stereocenters. The lowest BCUT2D eigenvalue weighted by Gasteiger charge is -2.34. The number of halogens is 2. The highest BCUT2D eigenvalue weighted by Crippen LogP contribution is 2.19. The van der Waals surface area contributed by atoms with Gasteiger partial charge in [-0.2, -0.15) is 0 Å². The molecule has 0 bridgehead atoms. The standard InChI is InChI=1S/C20H17ClFN3O2/c21-15-4-1-13(2-5-15)19(26)24-7-9-25(10-8-24)20(27)18-11-14-3-6-16(22)12-17(14)23-18/h1-6,11-12,23H,7-10H2. The minimum atomic E-state index is -0.349. The van der Waals surface area contributed by atoms with E-state index in [0.29, 0.717) is 48.0 Å². The molecule has 1 aromatic heterocycles. The van der Waals surface area contributed by atoms with Crippen molar-refractivity contribution < 1.29 is 14.0 Å². The van der Waals surface area contributed by atoms with Crippen molar-refractivity contribution >= 4 is 34.3 Å². The van der Waals surface area contributed by atoms with Gasteiger partial charge in [0.05, 0.1) is 0 Å². The van der Waals surface area contributed by atoms with E-state index in [9.17, 15) is 14.0 Å². The maximum Gasteiger partial charge on any atom is 0.270 e. The van der Waals surface area contributed by atoms with Crippen LogP contribution in [0.4, 0.5) is 4.39 Å². The van der Waals surface area contributed by atoms with Gasteiger partial charge in [-0.1, -0.05) is 11.6 Å². The van der Waals surface area contributed by atoms with Crippen molar-refractivity contribution in [1.82, 2.24) is 14.8 Å². The maximum absolute atomic E-state index is 13.3. The molecule has 0 atom stereocenters. The van der Waals surface area contributed by atoms with Gasteiger partial charge in [0.2, 0.25) is 0 Å². The lowest BCUT2D eigenvalue weighted by Crippen LogP contribution is -2.50. The van der Waals surface area contributed by atoms with Gasteiger partial charge in [0.15, 0.2) is 0 Å². The molecule has 1 aliphatic heterocycles. The van der Waals surface area contributed by atoms with E-state index in [1.165, 1.54) is 12.1 Å². The number of benzene rings is 2. The first-order valence-electron chi connectivity index (χ1n) is 8.64. The number of nitrogens with zero attached hydrogens (tertiary/aromatic N) is 2. The Balaban J connectivity index is 1.42. The molecule has 2 aromatic carbocycles. The molecule has 1 fully saturated rings. The lowest BCUT2D eigenvalue weighted by atomic mass is 10.2. The summed E-state index contributed by atoms with van der Waals surface area (Å²) in [6.45, 7) is 1.81. The van der Waals surface area contributed by atoms with Gasteiger partial charge in [0, 0.05) is 47.7 Å². The van der Waals surface area contributed by atoms with E-state index in [2.05, 4.69) is 4.98 Å². The van der Waals surface area contributed by atoms with Gasteiger partial charge in [-0.3, -0.25) is 9.59 Å². The first-order chi connectivity index (χ1) is 13.0. The molecule has 2 heterocycles. The number of amides is 2. The molecule has 7 heteroatoms. The van der Waals surface area contributed by atoms with Crippen LogP contribution in [0.2, 0.25) is 5.02 Å². The Labute approximate surface area is 160 Å². The zero-order chi connectivity index (χ0) is 19.0. The summed E-state index contributed by atoms with van der Waals surface area (Å²) in [5, 5.41) is 1.37. The van der Waals surface area contributed by atoms with Gasteiger partial charge in [-0.05, 0) is 48.5 Å². The first-order valence-corrected chi connectivity index (χ1v) is 9.01. The molecule has 0 saturated carbocycles. The van der Waals surface area contributed by atoms with Crippen LogP contribution in [0, 0.1) is 5.82 Å². The molecule has 0 aliphatic carbocycles. The highest BCUT2D eigenvalue weighted by atomic mass is 35.5. The van der Waals surface area contributed by atoms with Crippen LogP contribution in [0.25, 0.3) is 10.9 Å². The van der Waals surface area contributed by atoms with Crippen LogP contribution in [0.1, 0.15) is 20.8 Å². The molecule has 0 spiro atoms. The van der Waals surface area contributed by atoms with Crippen molar-refractivity contribution in [2.75, 3.05) is 26.2 Å². The average molecular weight is 386 g/mol. The SMILES string of the molecule is O=C(c1ccc(Cl)cc1)N1CCN(C(=O)c2cc3ccc(F)cc3[nH]2)CC1.